The van der Waals surface area contributed by atoms with E-state index in [4.69, 9.17) is 4.74 Å². The van der Waals surface area contributed by atoms with Gasteiger partial charge < -0.3 is 9.30 Å². The van der Waals surface area contributed by atoms with Crippen LogP contribution in [-0.2, 0) is 22.6 Å². The molecule has 2 aliphatic heterocycles. The smallest absolute Gasteiger partial charge is 0.323 e. The van der Waals surface area contributed by atoms with Crippen LogP contribution in [0.3, 0.4) is 0 Å². The summed E-state index contributed by atoms with van der Waals surface area (Å²) in [6, 6.07) is -0.108. The molecule has 0 saturated carbocycles. The molecular weight excluding hydrogens is 244 g/mol. The van der Waals surface area contributed by atoms with Crippen LogP contribution in [0, 0.1) is 0 Å². The lowest BCUT2D eigenvalue weighted by Crippen LogP contribution is -2.43. The van der Waals surface area contributed by atoms with E-state index in [0.717, 1.165) is 31.2 Å². The Balaban J connectivity index is 1.78. The highest BCUT2D eigenvalue weighted by Gasteiger charge is 2.38. The predicted molar refractivity (Wildman–Crippen MR) is 68.5 cm³/mol. The summed E-state index contributed by atoms with van der Waals surface area (Å²) in [5.74, 6) is 2.29. The number of carbonyl (C=O) groups is 1. The zero-order valence-corrected chi connectivity index (χ0v) is 11.7. The monoisotopic (exact) mass is 264 g/mol. The Hall–Kier alpha value is -1.43. The molecule has 0 N–H and O–H groups in total. The van der Waals surface area contributed by atoms with E-state index in [1.165, 1.54) is 0 Å². The van der Waals surface area contributed by atoms with Gasteiger partial charge in [0.05, 0.1) is 6.54 Å². The van der Waals surface area contributed by atoms with Crippen LogP contribution in [0.4, 0.5) is 0 Å². The molecule has 2 atom stereocenters. The van der Waals surface area contributed by atoms with Gasteiger partial charge in [-0.15, -0.1) is 10.2 Å². The molecule has 1 saturated heterocycles. The van der Waals surface area contributed by atoms with Gasteiger partial charge in [-0.1, -0.05) is 13.8 Å². The summed E-state index contributed by atoms with van der Waals surface area (Å²) in [7, 11) is 0. The van der Waals surface area contributed by atoms with Crippen molar-refractivity contribution >= 4 is 5.97 Å². The van der Waals surface area contributed by atoms with Crippen molar-refractivity contribution in [1.29, 1.82) is 0 Å². The van der Waals surface area contributed by atoms with Gasteiger partial charge in [0.2, 0.25) is 0 Å². The van der Waals surface area contributed by atoms with Crippen LogP contribution in [0.2, 0.25) is 0 Å². The van der Waals surface area contributed by atoms with E-state index >= 15 is 0 Å². The Morgan fingerprint density at radius 2 is 2.11 bits per heavy atom. The van der Waals surface area contributed by atoms with Crippen LogP contribution in [0.15, 0.2) is 0 Å². The molecule has 0 amide bonds. The maximum atomic E-state index is 11.8. The maximum absolute atomic E-state index is 11.8. The summed E-state index contributed by atoms with van der Waals surface area (Å²) in [4.78, 5) is 14.0. The number of hydrogen-bond donors (Lipinski definition) is 0. The van der Waals surface area contributed by atoms with Crippen LogP contribution < -0.4 is 0 Å². The van der Waals surface area contributed by atoms with Crippen LogP contribution in [-0.4, -0.2) is 44.3 Å². The number of hydrogen-bond acceptors (Lipinski definition) is 5. The molecule has 104 valence electrons. The molecule has 0 aromatic carbocycles. The average molecular weight is 264 g/mol. The van der Waals surface area contributed by atoms with Crippen molar-refractivity contribution in [3.8, 4) is 0 Å². The first-order valence-corrected chi connectivity index (χ1v) is 6.92. The highest BCUT2D eigenvalue weighted by molar-refractivity contribution is 5.78. The van der Waals surface area contributed by atoms with E-state index in [1.54, 1.807) is 0 Å². The fourth-order valence-corrected chi connectivity index (χ4v) is 2.93. The molecule has 0 aliphatic carbocycles. The van der Waals surface area contributed by atoms with Gasteiger partial charge in [-0.3, -0.25) is 9.69 Å². The van der Waals surface area contributed by atoms with Crippen LogP contribution in [0.5, 0.6) is 0 Å². The summed E-state index contributed by atoms with van der Waals surface area (Å²) in [5.41, 5.74) is 0. The lowest BCUT2D eigenvalue weighted by atomic mass is 10.1. The molecule has 0 unspecified atom stereocenters. The molecule has 19 heavy (non-hydrogen) atoms. The summed E-state index contributed by atoms with van der Waals surface area (Å²) < 4.78 is 7.42. The minimum atomic E-state index is -0.108. The van der Waals surface area contributed by atoms with E-state index < -0.39 is 0 Å². The molecule has 1 fully saturated rings. The van der Waals surface area contributed by atoms with Crippen LogP contribution in [0.1, 0.15) is 44.8 Å². The normalized spacial score (nSPS) is 27.7. The van der Waals surface area contributed by atoms with E-state index in [-0.39, 0.29) is 18.1 Å². The Bertz CT molecular complexity index is 497. The quantitative estimate of drug-likeness (QED) is 0.743. The van der Waals surface area contributed by atoms with Gasteiger partial charge >= 0.3 is 5.97 Å². The Morgan fingerprint density at radius 1 is 1.32 bits per heavy atom. The first kappa shape index (κ1) is 12.6. The molecule has 0 bridgehead atoms. The zero-order chi connectivity index (χ0) is 13.6. The van der Waals surface area contributed by atoms with Crippen molar-refractivity contribution in [3.05, 3.63) is 11.6 Å². The number of ether oxygens (including phenoxy) is 1. The summed E-state index contributed by atoms with van der Waals surface area (Å²) in [6.45, 7) is 8.60. The standard InChI is InChI=1S/C13H20N4O2/c1-8(2)12-15-14-11-7-16(4-5-17(11)12)10-6-9(3)19-13(10)18/h8-10H,4-7H2,1-3H3/t9-,10+/m0/s1. The van der Waals surface area contributed by atoms with Gasteiger partial charge in [0, 0.05) is 25.4 Å². The van der Waals surface area contributed by atoms with E-state index in [1.807, 2.05) is 6.92 Å². The van der Waals surface area contributed by atoms with E-state index in [2.05, 4.69) is 33.5 Å². The van der Waals surface area contributed by atoms with Crippen molar-refractivity contribution in [3.63, 3.8) is 0 Å². The Morgan fingerprint density at radius 3 is 2.74 bits per heavy atom. The third kappa shape index (κ3) is 2.14. The van der Waals surface area contributed by atoms with Crippen molar-refractivity contribution in [2.45, 2.75) is 58.3 Å². The molecule has 2 aliphatic rings. The van der Waals surface area contributed by atoms with E-state index in [9.17, 15) is 4.79 Å². The molecule has 3 heterocycles. The lowest BCUT2D eigenvalue weighted by molar-refractivity contribution is -0.145. The topological polar surface area (TPSA) is 60.3 Å². The van der Waals surface area contributed by atoms with Crippen molar-refractivity contribution in [2.75, 3.05) is 6.54 Å². The van der Waals surface area contributed by atoms with E-state index in [0.29, 0.717) is 12.5 Å². The zero-order valence-electron chi connectivity index (χ0n) is 11.7. The molecule has 6 heteroatoms. The van der Waals surface area contributed by atoms with Crippen LogP contribution in [0.25, 0.3) is 0 Å². The number of nitrogens with zero attached hydrogens (tertiary/aromatic N) is 4. The third-order valence-corrected chi connectivity index (χ3v) is 3.91. The second kappa shape index (κ2) is 4.59. The summed E-state index contributed by atoms with van der Waals surface area (Å²) in [6.07, 6.45) is 0.813. The Kier molecular flexibility index (Phi) is 3.05. The third-order valence-electron chi connectivity index (χ3n) is 3.91. The number of cyclic esters (lactones) is 1. The largest absolute Gasteiger partial charge is 0.461 e. The summed E-state index contributed by atoms with van der Waals surface area (Å²) in [5, 5.41) is 8.53. The number of rotatable bonds is 2. The first-order valence-electron chi connectivity index (χ1n) is 6.92. The summed E-state index contributed by atoms with van der Waals surface area (Å²) >= 11 is 0. The molecular formula is C13H20N4O2. The van der Waals surface area contributed by atoms with Gasteiger partial charge in [-0.2, -0.15) is 0 Å². The van der Waals surface area contributed by atoms with Gasteiger partial charge in [-0.25, -0.2) is 0 Å². The SMILES string of the molecule is CC(C)c1nnc2n1CCN([C@@H]1C[C@H](C)OC1=O)C2. The molecule has 0 radical (unpaired) electrons. The van der Waals surface area contributed by atoms with Gasteiger partial charge in [-0.05, 0) is 6.92 Å². The fraction of sp³-hybridized carbons (Fsp3) is 0.769. The maximum Gasteiger partial charge on any atom is 0.323 e. The van der Waals surface area contributed by atoms with Gasteiger partial charge in [0.15, 0.2) is 0 Å². The molecule has 3 rings (SSSR count). The van der Waals surface area contributed by atoms with Crippen molar-refractivity contribution < 1.29 is 9.53 Å². The minimum absolute atomic E-state index is 0.0310. The number of esters is 1. The fourth-order valence-electron chi connectivity index (χ4n) is 2.93. The molecule has 0 spiro atoms. The number of aromatic nitrogens is 3. The molecule has 1 aromatic heterocycles. The minimum Gasteiger partial charge on any atom is -0.461 e. The van der Waals surface area contributed by atoms with Crippen molar-refractivity contribution in [1.82, 2.24) is 19.7 Å². The molecule has 1 aromatic rings. The van der Waals surface area contributed by atoms with Crippen LogP contribution >= 0.6 is 0 Å². The lowest BCUT2D eigenvalue weighted by Gasteiger charge is -2.30. The van der Waals surface area contributed by atoms with Crippen molar-refractivity contribution in [2.24, 2.45) is 0 Å². The second-order valence-electron chi connectivity index (χ2n) is 5.75. The first-order chi connectivity index (χ1) is 9.06. The number of carbonyl (C=O) groups excluding carboxylic acids is 1. The Labute approximate surface area is 112 Å². The highest BCUT2D eigenvalue weighted by Crippen LogP contribution is 2.25. The predicted octanol–water partition coefficient (Wildman–Crippen LogP) is 0.921. The van der Waals surface area contributed by atoms with Gasteiger partial charge in [0.25, 0.3) is 0 Å². The van der Waals surface area contributed by atoms with Gasteiger partial charge in [0.1, 0.15) is 23.8 Å². The second-order valence-corrected chi connectivity index (χ2v) is 5.75. The average Bonchev–Trinajstić information content (AvgIpc) is 2.91. The highest BCUT2D eigenvalue weighted by atomic mass is 16.6. The molecule has 6 nitrogen and oxygen atoms in total. The number of fused-ring (bicyclic) bond motifs is 1.